The highest BCUT2D eigenvalue weighted by atomic mass is 14.8. The van der Waals surface area contributed by atoms with Gasteiger partial charge in [0, 0.05) is 31.8 Å². The van der Waals surface area contributed by atoms with Crippen LogP contribution in [0.15, 0.2) is 106 Å². The van der Waals surface area contributed by atoms with Crippen molar-refractivity contribution >= 4 is 12.9 Å². The molecule has 0 fully saturated rings. The second kappa shape index (κ2) is 26.6. The van der Waals surface area contributed by atoms with Gasteiger partial charge < -0.3 is 10.3 Å². The zero-order chi connectivity index (χ0) is 33.2. The maximum atomic E-state index is 4.91. The normalized spacial score (nSPS) is 16.4. The van der Waals surface area contributed by atoms with Crippen molar-refractivity contribution in [3.63, 3.8) is 0 Å². The van der Waals surface area contributed by atoms with Gasteiger partial charge >= 0.3 is 0 Å². The van der Waals surface area contributed by atoms with Crippen LogP contribution in [0.25, 0.3) is 0 Å². The predicted molar refractivity (Wildman–Crippen MR) is 202 cm³/mol. The van der Waals surface area contributed by atoms with Crippen molar-refractivity contribution in [2.45, 2.75) is 93.9 Å². The molecule has 0 amide bonds. The van der Waals surface area contributed by atoms with E-state index in [1.54, 1.807) is 0 Å². The molecule has 246 valence electrons. The molecule has 0 aromatic carbocycles. The van der Waals surface area contributed by atoms with Crippen molar-refractivity contribution in [3.8, 4) is 0 Å². The summed E-state index contributed by atoms with van der Waals surface area (Å²) < 4.78 is 0. The molecule has 4 unspecified atom stereocenters. The Bertz CT molecular complexity index is 1010. The minimum Gasteiger partial charge on any atom is -0.314 e. The smallest absolute Gasteiger partial charge is 0.0445 e. The lowest BCUT2D eigenvalue weighted by atomic mass is 9.87. The molecule has 0 aromatic rings. The quantitative estimate of drug-likeness (QED) is 0.0480. The third kappa shape index (κ3) is 18.8. The van der Waals surface area contributed by atoms with Gasteiger partial charge in [-0.25, -0.2) is 0 Å². The van der Waals surface area contributed by atoms with Crippen molar-refractivity contribution in [1.82, 2.24) is 5.32 Å². The van der Waals surface area contributed by atoms with Crippen molar-refractivity contribution in [2.75, 3.05) is 26.2 Å². The highest BCUT2D eigenvalue weighted by molar-refractivity contribution is 5.61. The largest absolute Gasteiger partial charge is 0.314 e. The van der Waals surface area contributed by atoms with E-state index in [1.165, 1.54) is 22.3 Å². The Labute approximate surface area is 273 Å². The fourth-order valence-electron chi connectivity index (χ4n) is 5.40. The molecule has 0 saturated heterocycles. The van der Waals surface area contributed by atoms with Crippen molar-refractivity contribution in [2.24, 2.45) is 39.6 Å². The molecule has 0 rings (SSSR count). The summed E-state index contributed by atoms with van der Waals surface area (Å²) in [6, 6.07) is 0. The fraction of sp³-hybridized carbons (Fsp3) is 0.561. The highest BCUT2D eigenvalue weighted by Gasteiger charge is 2.15. The van der Waals surface area contributed by atoms with Gasteiger partial charge in [0.25, 0.3) is 0 Å². The van der Waals surface area contributed by atoms with Gasteiger partial charge in [-0.3, -0.25) is 4.99 Å². The van der Waals surface area contributed by atoms with Crippen LogP contribution in [0.4, 0.5) is 0 Å². The van der Waals surface area contributed by atoms with Gasteiger partial charge in [-0.15, -0.1) is 0 Å². The van der Waals surface area contributed by atoms with Crippen LogP contribution < -0.4 is 5.32 Å². The molecule has 0 bridgehead atoms. The van der Waals surface area contributed by atoms with E-state index in [0.29, 0.717) is 29.6 Å². The number of rotatable bonds is 25. The summed E-state index contributed by atoms with van der Waals surface area (Å²) >= 11 is 0. The lowest BCUT2D eigenvalue weighted by Gasteiger charge is -2.20. The van der Waals surface area contributed by atoms with Crippen LogP contribution in [-0.4, -0.2) is 39.1 Å². The number of hydrogen-bond acceptors (Lipinski definition) is 3. The number of hydrogen-bond donors (Lipinski definition) is 1. The lowest BCUT2D eigenvalue weighted by molar-refractivity contribution is 0.560. The Hall–Kier alpha value is -2.78. The van der Waals surface area contributed by atoms with E-state index in [-0.39, 0.29) is 0 Å². The number of aliphatic imine (C=N–C) groups is 2. The summed E-state index contributed by atoms with van der Waals surface area (Å²) in [5.74, 6) is 2.06. The molecule has 0 spiro atoms. The van der Waals surface area contributed by atoms with Gasteiger partial charge in [0.1, 0.15) is 0 Å². The van der Waals surface area contributed by atoms with Gasteiger partial charge in [-0.2, -0.15) is 0 Å². The second-order valence-electron chi connectivity index (χ2n) is 12.3. The first-order valence-corrected chi connectivity index (χ1v) is 17.2. The molecule has 0 aliphatic heterocycles. The minimum atomic E-state index is 0.333. The molecule has 0 heterocycles. The van der Waals surface area contributed by atoms with Gasteiger partial charge in [-0.05, 0) is 87.1 Å². The van der Waals surface area contributed by atoms with Gasteiger partial charge in [0.15, 0.2) is 0 Å². The maximum Gasteiger partial charge on any atom is 0.0445 e. The van der Waals surface area contributed by atoms with E-state index < -0.39 is 0 Å². The van der Waals surface area contributed by atoms with E-state index >= 15 is 0 Å². The summed E-state index contributed by atoms with van der Waals surface area (Å²) in [4.78, 5) is 9.12. The predicted octanol–water partition coefficient (Wildman–Crippen LogP) is 11.1. The number of nitrogens with one attached hydrogen (secondary N) is 1. The minimum absolute atomic E-state index is 0.333. The second-order valence-corrected chi connectivity index (χ2v) is 12.3. The first-order valence-electron chi connectivity index (χ1n) is 17.2. The Morgan fingerprint density at radius 3 is 2.32 bits per heavy atom. The molecule has 1 N–H and O–H groups in total. The molecule has 0 radical (unpaired) electrons. The average molecular weight is 602 g/mol. The number of likely N-dealkylation sites (N-methyl/N-ethyl adjacent to an activating group) is 1. The monoisotopic (exact) mass is 602 g/mol. The molecular formula is C41H67N3. The zero-order valence-electron chi connectivity index (χ0n) is 29.8. The molecule has 4 atom stereocenters. The van der Waals surface area contributed by atoms with Crippen molar-refractivity contribution < 1.29 is 0 Å². The summed E-state index contributed by atoms with van der Waals surface area (Å²) in [5.41, 5.74) is 5.36. The van der Waals surface area contributed by atoms with Crippen LogP contribution in [0.2, 0.25) is 0 Å². The number of allylic oxidation sites excluding steroid dienone is 12. The van der Waals surface area contributed by atoms with E-state index in [1.807, 2.05) is 6.08 Å². The molecule has 0 aromatic heterocycles. The van der Waals surface area contributed by atoms with Crippen LogP contribution in [0.5, 0.6) is 0 Å². The molecule has 0 saturated carbocycles. The SMILES string of the molecule is C=C/C=C\C(CC(C)C=NCCC(CC)C(=C)/C=C(\C=C/CNCC)C(/C=C\C)CCC)=C(/C/C=C\C(C)C)C(C)CN=C. The van der Waals surface area contributed by atoms with E-state index in [4.69, 9.17) is 4.99 Å². The summed E-state index contributed by atoms with van der Waals surface area (Å²) in [7, 11) is 0. The number of nitrogens with zero attached hydrogens (tertiary/aromatic N) is 2. The van der Waals surface area contributed by atoms with Crippen LogP contribution >= 0.6 is 0 Å². The lowest BCUT2D eigenvalue weighted by Crippen LogP contribution is -2.12. The van der Waals surface area contributed by atoms with E-state index in [0.717, 1.165) is 64.7 Å². The van der Waals surface area contributed by atoms with Crippen LogP contribution in [-0.2, 0) is 0 Å². The standard InChI is InChI=1S/C41H67N3/c1-12-17-23-40(41(36(10)32-42-11)25-18-22-33(6)7)29-34(8)31-44-28-26-37(15-4)35(9)30-39(24-19-27-43-16-5)38(20-13-2)21-14-3/h12-13,17-20,22-24,30-31,33-34,36-38,43H,1,9,11,14-16,21,25-29,32H2,2-8,10H3/b20-13-,22-18-,23-17-,24-19-,39-30+,41-40-,44-31?. The summed E-state index contributed by atoms with van der Waals surface area (Å²) in [6.07, 6.45) is 30.5. The fourth-order valence-corrected chi connectivity index (χ4v) is 5.40. The van der Waals surface area contributed by atoms with Crippen molar-refractivity contribution in [3.05, 3.63) is 96.2 Å². The van der Waals surface area contributed by atoms with Gasteiger partial charge in [0.05, 0.1) is 0 Å². The van der Waals surface area contributed by atoms with E-state index in [9.17, 15) is 0 Å². The third-order valence-corrected chi connectivity index (χ3v) is 7.86. The van der Waals surface area contributed by atoms with Crippen LogP contribution in [0, 0.1) is 29.6 Å². The Morgan fingerprint density at radius 2 is 1.73 bits per heavy atom. The van der Waals surface area contributed by atoms with Gasteiger partial charge in [-0.1, -0.05) is 140 Å². The van der Waals surface area contributed by atoms with Crippen molar-refractivity contribution in [1.29, 1.82) is 0 Å². The zero-order valence-corrected chi connectivity index (χ0v) is 29.8. The topological polar surface area (TPSA) is 36.8 Å². The Morgan fingerprint density at radius 1 is 0.977 bits per heavy atom. The van der Waals surface area contributed by atoms with E-state index in [2.05, 4.69) is 146 Å². The molecule has 44 heavy (non-hydrogen) atoms. The van der Waals surface area contributed by atoms with Gasteiger partial charge in [0.2, 0.25) is 0 Å². The summed E-state index contributed by atoms with van der Waals surface area (Å²) in [6.45, 7) is 33.4. The molecule has 0 aliphatic rings. The first kappa shape index (κ1) is 41.2. The molecule has 0 aliphatic carbocycles. The Balaban J connectivity index is 5.76. The molecule has 3 nitrogen and oxygen atoms in total. The molecular weight excluding hydrogens is 534 g/mol. The highest BCUT2D eigenvalue weighted by Crippen LogP contribution is 2.28. The average Bonchev–Trinajstić information content (AvgIpc) is 2.99. The van der Waals surface area contributed by atoms with Crippen LogP contribution in [0.3, 0.4) is 0 Å². The Kier molecular flexibility index (Phi) is 24.9. The molecule has 3 heteroatoms. The maximum absolute atomic E-state index is 4.91. The van der Waals surface area contributed by atoms with Crippen LogP contribution in [0.1, 0.15) is 93.9 Å². The first-order chi connectivity index (χ1) is 21.2. The third-order valence-electron chi connectivity index (χ3n) is 7.86. The summed E-state index contributed by atoms with van der Waals surface area (Å²) in [5, 5.41) is 3.40.